The smallest absolute Gasteiger partial charge is 0.0622 e. The van der Waals surface area contributed by atoms with Crippen LogP contribution in [0.1, 0.15) is 11.1 Å². The van der Waals surface area contributed by atoms with Crippen LogP contribution in [0, 0.1) is 22.1 Å². The number of benzene rings is 2. The zero-order valence-electron chi connectivity index (χ0n) is 10.4. The Hall–Kier alpha value is -2.94. The molecule has 0 unspecified atom stereocenters. The maximum Gasteiger partial charge on any atom is 0.211 e. The molecule has 0 atom stereocenters. The standard InChI is InChI=1S/C13H12.2H2N3/c1-3-7-12(8-4-1)11-13-9-5-2-6-10-13;2*1-3-2/h1-10H,11H2;2*1-2H/q;2*+1. The molecule has 0 radical (unpaired) electrons. The van der Waals surface area contributed by atoms with E-state index in [0.717, 1.165) is 6.42 Å². The lowest BCUT2D eigenvalue weighted by molar-refractivity contribution is 0.928. The van der Waals surface area contributed by atoms with Crippen molar-refractivity contribution in [2.24, 2.45) is 0 Å². The van der Waals surface area contributed by atoms with Crippen LogP contribution < -0.4 is 9.82 Å². The van der Waals surface area contributed by atoms with Crippen LogP contribution in [0.2, 0.25) is 0 Å². The van der Waals surface area contributed by atoms with Gasteiger partial charge in [0.1, 0.15) is 22.1 Å². The Bertz CT molecular complexity index is 462. The fourth-order valence-corrected chi connectivity index (χ4v) is 1.43. The monoisotopic (exact) mass is 256 g/mol. The molecule has 4 N–H and O–H groups in total. The van der Waals surface area contributed by atoms with Crippen LogP contribution in [-0.4, -0.2) is 0 Å². The van der Waals surface area contributed by atoms with E-state index in [0.29, 0.717) is 0 Å². The maximum atomic E-state index is 5.50. The van der Waals surface area contributed by atoms with Gasteiger partial charge in [-0.2, -0.15) is 0 Å². The third-order valence-electron chi connectivity index (χ3n) is 2.09. The van der Waals surface area contributed by atoms with Crippen LogP contribution in [0.5, 0.6) is 0 Å². The topological polar surface area (TPSA) is 124 Å². The van der Waals surface area contributed by atoms with E-state index < -0.39 is 0 Å². The van der Waals surface area contributed by atoms with E-state index in [4.69, 9.17) is 22.1 Å². The molecule has 0 aliphatic carbocycles. The van der Waals surface area contributed by atoms with Crippen molar-refractivity contribution in [3.63, 3.8) is 0 Å². The van der Waals surface area contributed by atoms with Crippen molar-refractivity contribution in [3.8, 4) is 0 Å². The SMILES string of the molecule is N=[N+]=N.N=[N+]=N.c1ccc(Cc2ccccc2)cc1. The second kappa shape index (κ2) is 11.5. The highest BCUT2D eigenvalue weighted by Gasteiger charge is 1.92. The van der Waals surface area contributed by atoms with E-state index in [1.165, 1.54) is 11.1 Å². The Morgan fingerprint density at radius 3 is 1.11 bits per heavy atom. The molecule has 2 aromatic carbocycles. The van der Waals surface area contributed by atoms with Crippen LogP contribution in [-0.2, 0) is 6.42 Å². The summed E-state index contributed by atoms with van der Waals surface area (Å²) in [4.78, 5) is 4.00. The molecule has 19 heavy (non-hydrogen) atoms. The van der Waals surface area contributed by atoms with Crippen LogP contribution >= 0.6 is 0 Å². The highest BCUT2D eigenvalue weighted by atomic mass is 15.0. The van der Waals surface area contributed by atoms with E-state index >= 15 is 0 Å². The van der Waals surface area contributed by atoms with Crippen molar-refractivity contribution >= 4 is 0 Å². The Kier molecular flexibility index (Phi) is 9.76. The number of nitrogens with one attached hydrogen (secondary N) is 4. The lowest BCUT2D eigenvalue weighted by Crippen LogP contribution is -1.85. The number of hydrogen-bond acceptors (Lipinski definition) is 4. The second-order valence-corrected chi connectivity index (χ2v) is 3.37. The van der Waals surface area contributed by atoms with Crippen molar-refractivity contribution in [3.05, 3.63) is 71.8 Å². The Labute approximate surface area is 111 Å². The van der Waals surface area contributed by atoms with Gasteiger partial charge in [0, 0.05) is 0 Å². The van der Waals surface area contributed by atoms with Gasteiger partial charge in [-0.25, -0.2) is 0 Å². The lowest BCUT2D eigenvalue weighted by atomic mass is 10.1. The maximum absolute atomic E-state index is 5.50. The molecule has 0 bridgehead atoms. The number of nitrogens with zero attached hydrogens (tertiary/aromatic N) is 2. The van der Waals surface area contributed by atoms with Gasteiger partial charge in [-0.1, -0.05) is 60.7 Å². The van der Waals surface area contributed by atoms with E-state index in [1.807, 2.05) is 9.82 Å². The van der Waals surface area contributed by atoms with Gasteiger partial charge in [0.05, 0.1) is 0 Å². The molecule has 6 nitrogen and oxygen atoms in total. The van der Waals surface area contributed by atoms with Gasteiger partial charge in [-0.15, -0.1) is 0 Å². The third-order valence-corrected chi connectivity index (χ3v) is 2.09. The van der Waals surface area contributed by atoms with Gasteiger partial charge in [-0.05, 0) is 17.5 Å². The normalized spacial score (nSPS) is 7.58. The minimum atomic E-state index is 1.03. The zero-order valence-corrected chi connectivity index (χ0v) is 10.4. The highest BCUT2D eigenvalue weighted by Crippen LogP contribution is 2.07. The minimum absolute atomic E-state index is 1.03. The van der Waals surface area contributed by atoms with Crippen molar-refractivity contribution in [2.45, 2.75) is 6.42 Å². The van der Waals surface area contributed by atoms with Crippen molar-refractivity contribution < 1.29 is 0 Å². The molecule has 0 aliphatic rings. The molecule has 0 spiro atoms. The first-order valence-corrected chi connectivity index (χ1v) is 5.42. The van der Waals surface area contributed by atoms with E-state index in [1.54, 1.807) is 0 Å². The predicted molar refractivity (Wildman–Crippen MR) is 70.8 cm³/mol. The first-order chi connectivity index (χ1) is 9.28. The summed E-state index contributed by atoms with van der Waals surface area (Å²) in [5.74, 6) is 0. The van der Waals surface area contributed by atoms with E-state index in [2.05, 4.69) is 60.7 Å². The summed E-state index contributed by atoms with van der Waals surface area (Å²) >= 11 is 0. The number of hydrogen-bond donors (Lipinski definition) is 4. The first-order valence-electron chi connectivity index (χ1n) is 5.42. The van der Waals surface area contributed by atoms with Crippen LogP contribution in [0.25, 0.3) is 0 Å². The molecule has 0 saturated heterocycles. The van der Waals surface area contributed by atoms with Gasteiger partial charge in [-0.3, -0.25) is 0 Å². The van der Waals surface area contributed by atoms with Crippen molar-refractivity contribution in [1.29, 1.82) is 22.1 Å². The molecule has 6 heteroatoms. The Balaban J connectivity index is 0.000000465. The van der Waals surface area contributed by atoms with E-state index in [9.17, 15) is 0 Å². The summed E-state index contributed by atoms with van der Waals surface area (Å²) in [6.07, 6.45) is 1.03. The molecule has 96 valence electrons. The average molecular weight is 256 g/mol. The quantitative estimate of drug-likeness (QED) is 0.464. The molecule has 0 aliphatic heterocycles. The molecule has 2 aromatic rings. The molecular formula is C13H16N6+2. The molecule has 0 aromatic heterocycles. The molecule has 0 amide bonds. The summed E-state index contributed by atoms with van der Waals surface area (Å²) in [6.45, 7) is 0. The average Bonchev–Trinajstić information content (AvgIpc) is 2.43. The summed E-state index contributed by atoms with van der Waals surface area (Å²) in [7, 11) is 0. The van der Waals surface area contributed by atoms with Gasteiger partial charge in [0.2, 0.25) is 9.82 Å². The van der Waals surface area contributed by atoms with Crippen LogP contribution in [0.3, 0.4) is 0 Å². The second-order valence-electron chi connectivity index (χ2n) is 3.37. The largest absolute Gasteiger partial charge is 0.211 e. The molecule has 0 fully saturated rings. The molecule has 0 heterocycles. The minimum Gasteiger partial charge on any atom is -0.0622 e. The van der Waals surface area contributed by atoms with E-state index in [-0.39, 0.29) is 0 Å². The van der Waals surface area contributed by atoms with Crippen molar-refractivity contribution in [1.82, 2.24) is 9.82 Å². The molecule has 2 rings (SSSR count). The van der Waals surface area contributed by atoms with Gasteiger partial charge < -0.3 is 0 Å². The lowest BCUT2D eigenvalue weighted by Gasteiger charge is -2.00. The van der Waals surface area contributed by atoms with Crippen molar-refractivity contribution in [2.75, 3.05) is 0 Å². The van der Waals surface area contributed by atoms with Crippen LogP contribution in [0.4, 0.5) is 0 Å². The summed E-state index contributed by atoms with van der Waals surface area (Å²) in [5, 5.41) is 0. The summed E-state index contributed by atoms with van der Waals surface area (Å²) in [5.41, 5.74) is 24.7. The Morgan fingerprint density at radius 2 is 0.842 bits per heavy atom. The Morgan fingerprint density at radius 1 is 0.579 bits per heavy atom. The fourth-order valence-electron chi connectivity index (χ4n) is 1.43. The highest BCUT2D eigenvalue weighted by molar-refractivity contribution is 5.25. The third kappa shape index (κ3) is 8.83. The molecular weight excluding hydrogens is 240 g/mol. The van der Waals surface area contributed by atoms with Crippen LogP contribution in [0.15, 0.2) is 60.7 Å². The summed E-state index contributed by atoms with van der Waals surface area (Å²) in [6, 6.07) is 21.1. The first kappa shape index (κ1) is 16.1. The van der Waals surface area contributed by atoms with Gasteiger partial charge >= 0.3 is 0 Å². The van der Waals surface area contributed by atoms with Gasteiger partial charge in [0.25, 0.3) is 0 Å². The molecule has 0 saturated carbocycles. The fraction of sp³-hybridized carbons (Fsp3) is 0.0769. The van der Waals surface area contributed by atoms with Gasteiger partial charge in [0.15, 0.2) is 0 Å². The summed E-state index contributed by atoms with van der Waals surface area (Å²) < 4.78 is 0. The predicted octanol–water partition coefficient (Wildman–Crippen LogP) is 3.51. The number of rotatable bonds is 2. The zero-order chi connectivity index (χ0) is 14.3.